The summed E-state index contributed by atoms with van der Waals surface area (Å²) in [6.07, 6.45) is 1.42. The number of carboxylic acid groups (broad SMARTS) is 1. The van der Waals surface area contributed by atoms with Crippen molar-refractivity contribution in [3.63, 3.8) is 0 Å². The molecule has 0 aliphatic heterocycles. The molecule has 0 aliphatic rings. The maximum absolute atomic E-state index is 10.2. The molecule has 20 heavy (non-hydrogen) atoms. The third-order valence-corrected chi connectivity index (χ3v) is 2.45. The van der Waals surface area contributed by atoms with Crippen LogP contribution in [-0.2, 0) is 4.79 Å². The Balaban J connectivity index is 0.000000200. The van der Waals surface area contributed by atoms with E-state index in [1.165, 1.54) is 30.3 Å². The predicted molar refractivity (Wildman–Crippen MR) is 74.3 cm³/mol. The summed E-state index contributed by atoms with van der Waals surface area (Å²) >= 11 is 5.63. The molecule has 0 atom stereocenters. The van der Waals surface area contributed by atoms with Crippen LogP contribution in [0.2, 0.25) is 5.02 Å². The van der Waals surface area contributed by atoms with Crippen LogP contribution in [0.15, 0.2) is 53.5 Å². The van der Waals surface area contributed by atoms with Crippen molar-refractivity contribution in [1.82, 2.24) is 0 Å². The van der Waals surface area contributed by atoms with Crippen LogP contribution in [0.5, 0.6) is 5.75 Å². The van der Waals surface area contributed by atoms with Crippen LogP contribution in [0.1, 0.15) is 10.4 Å². The quantitative estimate of drug-likeness (QED) is 0.656. The molecule has 102 valence electrons. The summed E-state index contributed by atoms with van der Waals surface area (Å²) in [4.78, 5) is 23.4. The van der Waals surface area contributed by atoms with Crippen LogP contribution < -0.4 is 0 Å². The van der Waals surface area contributed by atoms with Crippen LogP contribution in [0.3, 0.4) is 0 Å². The van der Waals surface area contributed by atoms with Gasteiger partial charge >= 0.3 is 5.97 Å². The lowest BCUT2D eigenvalue weighted by molar-refractivity contribution is 0.0697. The maximum Gasteiger partial charge on any atom is 0.335 e. The molecule has 0 spiro atoms. The number of rotatable bonds is 2. The molecular weight excluding hydrogens is 282 g/mol. The van der Waals surface area contributed by atoms with Gasteiger partial charge in [-0.05, 0) is 36.4 Å². The molecule has 6 heteroatoms. The molecule has 0 bridgehead atoms. The summed E-state index contributed by atoms with van der Waals surface area (Å²) in [5.74, 6) is -0.912. The zero-order valence-corrected chi connectivity index (χ0v) is 10.9. The molecule has 2 aromatic carbocycles. The number of hydrogen-bond acceptors (Lipinski definition) is 4. The number of aromatic carboxylic acids is 1. The summed E-state index contributed by atoms with van der Waals surface area (Å²) in [7, 11) is 0. The Morgan fingerprint density at radius 2 is 1.70 bits per heavy atom. The first-order valence-electron chi connectivity index (χ1n) is 5.39. The normalized spacial score (nSPS) is 8.85. The van der Waals surface area contributed by atoms with Crippen molar-refractivity contribution in [2.75, 3.05) is 0 Å². The van der Waals surface area contributed by atoms with E-state index < -0.39 is 5.97 Å². The number of para-hydroxylation sites is 1. The van der Waals surface area contributed by atoms with E-state index in [1.54, 1.807) is 24.3 Å². The molecule has 5 nitrogen and oxygen atoms in total. The molecule has 0 heterocycles. The number of phenols is 1. The molecule has 0 saturated carbocycles. The van der Waals surface area contributed by atoms with E-state index in [0.29, 0.717) is 10.7 Å². The SMILES string of the molecule is O=C(O)c1ccc(O)cc1.O=C=Nc1ccccc1Cl. The zero-order chi connectivity index (χ0) is 15.0. The van der Waals surface area contributed by atoms with Gasteiger partial charge in [0.15, 0.2) is 0 Å². The van der Waals surface area contributed by atoms with E-state index in [1.807, 2.05) is 0 Å². The summed E-state index contributed by atoms with van der Waals surface area (Å²) in [5.41, 5.74) is 0.636. The van der Waals surface area contributed by atoms with E-state index in [9.17, 15) is 9.59 Å². The number of hydrogen-bond donors (Lipinski definition) is 2. The van der Waals surface area contributed by atoms with E-state index in [0.717, 1.165) is 0 Å². The minimum absolute atomic E-state index is 0.0741. The lowest BCUT2D eigenvalue weighted by Crippen LogP contribution is -1.93. The van der Waals surface area contributed by atoms with Crippen LogP contribution in [0.25, 0.3) is 0 Å². The second-order valence-electron chi connectivity index (χ2n) is 3.51. The molecule has 0 saturated heterocycles. The van der Waals surface area contributed by atoms with Gasteiger partial charge in [-0.1, -0.05) is 23.7 Å². The van der Waals surface area contributed by atoms with Crippen LogP contribution in [0.4, 0.5) is 5.69 Å². The van der Waals surface area contributed by atoms with Crippen LogP contribution in [-0.4, -0.2) is 22.3 Å². The van der Waals surface area contributed by atoms with E-state index in [-0.39, 0.29) is 11.3 Å². The molecule has 0 radical (unpaired) electrons. The molecule has 2 aromatic rings. The van der Waals surface area contributed by atoms with Crippen molar-refractivity contribution in [1.29, 1.82) is 0 Å². The van der Waals surface area contributed by atoms with Crippen molar-refractivity contribution >= 4 is 29.3 Å². The minimum atomic E-state index is -0.986. The Hall–Kier alpha value is -2.62. The van der Waals surface area contributed by atoms with Crippen molar-refractivity contribution in [3.05, 3.63) is 59.1 Å². The number of aliphatic imine (C=N–C) groups is 1. The number of isocyanates is 1. The Kier molecular flexibility index (Phi) is 5.97. The first-order chi connectivity index (χ1) is 9.54. The minimum Gasteiger partial charge on any atom is -0.508 e. The molecule has 2 rings (SSSR count). The Morgan fingerprint density at radius 3 is 2.20 bits per heavy atom. The van der Waals surface area contributed by atoms with E-state index in [4.69, 9.17) is 21.8 Å². The summed E-state index contributed by atoms with van der Waals surface area (Å²) < 4.78 is 0. The molecule has 0 unspecified atom stereocenters. The highest BCUT2D eigenvalue weighted by atomic mass is 35.5. The van der Waals surface area contributed by atoms with E-state index >= 15 is 0 Å². The third-order valence-electron chi connectivity index (χ3n) is 2.13. The van der Waals surface area contributed by atoms with Gasteiger partial charge in [0.05, 0.1) is 16.3 Å². The average molecular weight is 292 g/mol. The highest BCUT2D eigenvalue weighted by Crippen LogP contribution is 2.22. The van der Waals surface area contributed by atoms with Crippen LogP contribution >= 0.6 is 11.6 Å². The predicted octanol–water partition coefficient (Wildman–Crippen LogP) is 3.40. The highest BCUT2D eigenvalue weighted by Gasteiger charge is 1.99. The topological polar surface area (TPSA) is 87.0 Å². The molecule has 0 aliphatic carbocycles. The average Bonchev–Trinajstić information content (AvgIpc) is 2.43. The molecule has 0 fully saturated rings. The lowest BCUT2D eigenvalue weighted by Gasteiger charge is -1.92. The lowest BCUT2D eigenvalue weighted by atomic mass is 10.2. The number of halogens is 1. The first-order valence-corrected chi connectivity index (χ1v) is 5.77. The second kappa shape index (κ2) is 7.74. The fourth-order valence-electron chi connectivity index (χ4n) is 1.20. The van der Waals surface area contributed by atoms with Crippen molar-refractivity contribution in [3.8, 4) is 5.75 Å². The highest BCUT2D eigenvalue weighted by molar-refractivity contribution is 6.33. The maximum atomic E-state index is 10.2. The molecule has 2 N–H and O–H groups in total. The number of carboxylic acids is 1. The van der Waals surface area contributed by atoms with Gasteiger partial charge in [-0.3, -0.25) is 0 Å². The van der Waals surface area contributed by atoms with Gasteiger partial charge < -0.3 is 10.2 Å². The van der Waals surface area contributed by atoms with Crippen molar-refractivity contribution in [2.45, 2.75) is 0 Å². The summed E-state index contributed by atoms with van der Waals surface area (Å²) in [6, 6.07) is 12.2. The van der Waals surface area contributed by atoms with Gasteiger partial charge in [0, 0.05) is 0 Å². The van der Waals surface area contributed by atoms with Gasteiger partial charge in [-0.25, -0.2) is 9.59 Å². The van der Waals surface area contributed by atoms with E-state index in [2.05, 4.69) is 4.99 Å². The van der Waals surface area contributed by atoms with Gasteiger partial charge in [0.25, 0.3) is 0 Å². The number of carbonyl (C=O) groups excluding carboxylic acids is 1. The monoisotopic (exact) mass is 291 g/mol. The Bertz CT molecular complexity index is 634. The smallest absolute Gasteiger partial charge is 0.335 e. The Labute approximate surface area is 119 Å². The Morgan fingerprint density at radius 1 is 1.10 bits per heavy atom. The second-order valence-corrected chi connectivity index (χ2v) is 3.91. The standard InChI is InChI=1S/C7H4ClNO.C7H6O3/c8-6-3-1-2-4-7(6)9-5-10;8-6-3-1-5(2-4-6)7(9)10/h1-4H;1-4,8H,(H,9,10). The fraction of sp³-hybridized carbons (Fsp3) is 0. The number of phenolic OH excluding ortho intramolecular Hbond substituents is 1. The number of benzene rings is 2. The molecule has 0 aromatic heterocycles. The molecular formula is C14H10ClNO4. The zero-order valence-electron chi connectivity index (χ0n) is 10.2. The van der Waals surface area contributed by atoms with Crippen LogP contribution in [0, 0.1) is 0 Å². The van der Waals surface area contributed by atoms with Gasteiger partial charge in [0.2, 0.25) is 6.08 Å². The van der Waals surface area contributed by atoms with Gasteiger partial charge in [-0.15, -0.1) is 0 Å². The summed E-state index contributed by atoms with van der Waals surface area (Å²) in [5, 5.41) is 17.6. The largest absolute Gasteiger partial charge is 0.508 e. The number of carbonyl (C=O) groups is 1. The number of aromatic hydroxyl groups is 1. The fourth-order valence-corrected chi connectivity index (χ4v) is 1.37. The number of nitrogens with zero attached hydrogens (tertiary/aromatic N) is 1. The molecule has 0 amide bonds. The van der Waals surface area contributed by atoms with Gasteiger partial charge in [0.1, 0.15) is 5.75 Å². The summed E-state index contributed by atoms with van der Waals surface area (Å²) in [6.45, 7) is 0. The third kappa shape index (κ3) is 4.94. The van der Waals surface area contributed by atoms with Gasteiger partial charge in [-0.2, -0.15) is 4.99 Å². The van der Waals surface area contributed by atoms with Crippen molar-refractivity contribution in [2.24, 2.45) is 4.99 Å². The van der Waals surface area contributed by atoms with Crippen molar-refractivity contribution < 1.29 is 19.8 Å². The first kappa shape index (κ1) is 15.4.